The van der Waals surface area contributed by atoms with Crippen molar-refractivity contribution < 1.29 is 41.8 Å². The Labute approximate surface area is 255 Å². The van der Waals surface area contributed by atoms with Crippen molar-refractivity contribution in [3.05, 3.63) is 89.1 Å². The maximum Gasteiger partial charge on any atom is 0.573 e. The van der Waals surface area contributed by atoms with Gasteiger partial charge in [-0.3, -0.25) is 4.57 Å². The Morgan fingerprint density at radius 3 is 2.07 bits per heavy atom. The number of nitrogens with zero attached hydrogens (tertiary/aromatic N) is 4. The molecule has 3 heterocycles. The Balaban J connectivity index is 0.925. The molecule has 3 aromatic carbocycles. The summed E-state index contributed by atoms with van der Waals surface area (Å²) in [5.74, 6) is 1.78. The summed E-state index contributed by atoms with van der Waals surface area (Å²) in [5, 5.41) is 10.9. The van der Waals surface area contributed by atoms with Crippen LogP contribution >= 0.6 is 0 Å². The molecule has 0 spiro atoms. The fourth-order valence-electron chi connectivity index (χ4n) is 5.13. The summed E-state index contributed by atoms with van der Waals surface area (Å²) in [7, 11) is 0. The van der Waals surface area contributed by atoms with Crippen LogP contribution in [-0.2, 0) is 6.54 Å². The highest BCUT2D eigenvalue weighted by atomic mass is 19.4. The van der Waals surface area contributed by atoms with E-state index < -0.39 is 11.3 Å². The highest BCUT2D eigenvalue weighted by molar-refractivity contribution is 5.49. The molecule has 14 heteroatoms. The molecule has 0 N–H and O–H groups in total. The van der Waals surface area contributed by atoms with Gasteiger partial charge in [0, 0.05) is 49.6 Å². The first-order valence-electron chi connectivity index (χ1n) is 14.3. The van der Waals surface area contributed by atoms with Crippen molar-refractivity contribution in [2.24, 2.45) is 0 Å². The van der Waals surface area contributed by atoms with E-state index in [9.17, 15) is 23.3 Å². The summed E-state index contributed by atoms with van der Waals surface area (Å²) in [6.45, 7) is 2.54. The van der Waals surface area contributed by atoms with Gasteiger partial charge in [0.25, 0.3) is 0 Å². The second kappa shape index (κ2) is 12.8. The number of hydrogen-bond acceptors (Lipinski definition) is 9. The summed E-state index contributed by atoms with van der Waals surface area (Å²) >= 11 is 0. The smallest absolute Gasteiger partial charge is 0.490 e. The van der Waals surface area contributed by atoms with Crippen LogP contribution in [0.1, 0.15) is 19.3 Å². The maximum absolute atomic E-state index is 12.3. The molecule has 1 aromatic heterocycles. The van der Waals surface area contributed by atoms with Crippen molar-refractivity contribution in [1.29, 1.82) is 0 Å². The molecule has 11 nitrogen and oxygen atoms in total. The molecule has 236 valence electrons. The van der Waals surface area contributed by atoms with Crippen molar-refractivity contribution in [3.63, 3.8) is 0 Å². The number of ether oxygens (including phenoxy) is 5. The minimum atomic E-state index is -4.74. The zero-order valence-corrected chi connectivity index (χ0v) is 23.9. The van der Waals surface area contributed by atoms with Gasteiger partial charge in [0.15, 0.2) is 0 Å². The standard InChI is InChI=1S/C31H29F3N4O7/c32-31(33,34)45-27-11-9-25(10-12-27)42-23-5-7-24(8-6-23)43-26-13-16-36(17-14-26)21-1-3-22(4-2-21)41-20-28-15-18-37-19-29(38(39)40)35-30(37)44-28/h1-12,19,26,28H,13-18,20H2. The summed E-state index contributed by atoms with van der Waals surface area (Å²) < 4.78 is 66.1. The van der Waals surface area contributed by atoms with Gasteiger partial charge in [0.05, 0.1) is 0 Å². The lowest BCUT2D eigenvalue weighted by Gasteiger charge is -2.33. The van der Waals surface area contributed by atoms with Gasteiger partial charge in [-0.2, -0.15) is 0 Å². The lowest BCUT2D eigenvalue weighted by molar-refractivity contribution is -0.389. The summed E-state index contributed by atoms with van der Waals surface area (Å²) in [6.07, 6.45) is -1.20. The predicted molar refractivity (Wildman–Crippen MR) is 155 cm³/mol. The average molecular weight is 627 g/mol. The number of anilines is 1. The second-order valence-electron chi connectivity index (χ2n) is 10.6. The second-order valence-corrected chi connectivity index (χ2v) is 10.6. The molecule has 1 unspecified atom stereocenters. The van der Waals surface area contributed by atoms with E-state index in [-0.39, 0.29) is 29.8 Å². The molecule has 0 amide bonds. The number of benzene rings is 3. The minimum absolute atomic E-state index is 0.0596. The van der Waals surface area contributed by atoms with E-state index in [1.54, 1.807) is 28.8 Å². The molecule has 0 saturated carbocycles. The number of rotatable bonds is 10. The Morgan fingerprint density at radius 1 is 0.844 bits per heavy atom. The SMILES string of the molecule is O=[N+]([O-])c1cn2c(n1)OC(COc1ccc(N3CCC(Oc4ccc(Oc5ccc(OC(F)(F)F)cc5)cc4)CC3)cc1)CC2. The molecule has 2 aliphatic heterocycles. The van der Waals surface area contributed by atoms with Crippen LogP contribution in [-0.4, -0.2) is 52.7 Å². The van der Waals surface area contributed by atoms with Crippen LogP contribution in [0.5, 0.6) is 34.8 Å². The highest BCUT2D eigenvalue weighted by Gasteiger charge is 2.31. The van der Waals surface area contributed by atoms with Gasteiger partial charge in [-0.15, -0.1) is 13.2 Å². The summed E-state index contributed by atoms with van der Waals surface area (Å²) in [5.41, 5.74) is 1.09. The first-order valence-corrected chi connectivity index (χ1v) is 14.3. The van der Waals surface area contributed by atoms with Gasteiger partial charge in [-0.25, -0.2) is 0 Å². The molecule has 1 fully saturated rings. The van der Waals surface area contributed by atoms with E-state index in [2.05, 4.69) is 14.6 Å². The fraction of sp³-hybridized carbons (Fsp3) is 0.323. The molecule has 0 radical (unpaired) electrons. The van der Waals surface area contributed by atoms with Gasteiger partial charge >= 0.3 is 18.2 Å². The van der Waals surface area contributed by atoms with E-state index >= 15 is 0 Å². The third kappa shape index (κ3) is 7.88. The quantitative estimate of drug-likeness (QED) is 0.139. The van der Waals surface area contributed by atoms with Crippen molar-refractivity contribution in [1.82, 2.24) is 9.55 Å². The van der Waals surface area contributed by atoms with E-state index in [1.165, 1.54) is 30.5 Å². The molecule has 4 aromatic rings. The highest BCUT2D eigenvalue weighted by Crippen LogP contribution is 2.30. The van der Waals surface area contributed by atoms with E-state index in [4.69, 9.17) is 18.9 Å². The van der Waals surface area contributed by atoms with Crippen molar-refractivity contribution in [2.45, 2.75) is 44.4 Å². The van der Waals surface area contributed by atoms with Crippen LogP contribution in [0.2, 0.25) is 0 Å². The number of imidazole rings is 1. The molecular formula is C31H29F3N4O7. The molecule has 0 aliphatic carbocycles. The lowest BCUT2D eigenvalue weighted by Crippen LogP contribution is -2.38. The topological polar surface area (TPSA) is 110 Å². The molecule has 1 atom stereocenters. The normalized spacial score (nSPS) is 16.8. The zero-order chi connectivity index (χ0) is 31.4. The molecule has 45 heavy (non-hydrogen) atoms. The Kier molecular flexibility index (Phi) is 8.54. The lowest BCUT2D eigenvalue weighted by atomic mass is 10.1. The van der Waals surface area contributed by atoms with Crippen molar-refractivity contribution >= 4 is 11.5 Å². The van der Waals surface area contributed by atoms with Gasteiger partial charge in [0.2, 0.25) is 0 Å². The largest absolute Gasteiger partial charge is 0.573 e. The molecule has 0 bridgehead atoms. The van der Waals surface area contributed by atoms with Crippen LogP contribution in [0.4, 0.5) is 24.7 Å². The molecule has 2 aliphatic rings. The molecular weight excluding hydrogens is 597 g/mol. The number of alkyl halides is 3. The van der Waals surface area contributed by atoms with Crippen LogP contribution < -0.4 is 28.6 Å². The van der Waals surface area contributed by atoms with Crippen LogP contribution in [0.3, 0.4) is 0 Å². The summed E-state index contributed by atoms with van der Waals surface area (Å²) in [6, 6.07) is 20.4. The van der Waals surface area contributed by atoms with Crippen LogP contribution in [0, 0.1) is 10.1 Å². The zero-order valence-electron chi connectivity index (χ0n) is 23.9. The Bertz CT molecular complexity index is 1590. The number of aryl methyl sites for hydroxylation is 1. The monoisotopic (exact) mass is 626 g/mol. The fourth-order valence-corrected chi connectivity index (χ4v) is 5.13. The maximum atomic E-state index is 12.3. The number of halogens is 3. The first-order chi connectivity index (χ1) is 21.7. The van der Waals surface area contributed by atoms with Gasteiger partial charge < -0.3 is 38.7 Å². The average Bonchev–Trinajstić information content (AvgIpc) is 3.46. The van der Waals surface area contributed by atoms with Gasteiger partial charge in [-0.1, -0.05) is 0 Å². The van der Waals surface area contributed by atoms with Crippen molar-refractivity contribution in [3.8, 4) is 34.8 Å². The van der Waals surface area contributed by atoms with E-state index in [0.29, 0.717) is 42.6 Å². The van der Waals surface area contributed by atoms with Gasteiger partial charge in [0.1, 0.15) is 53.8 Å². The van der Waals surface area contributed by atoms with E-state index in [1.807, 2.05) is 24.3 Å². The van der Waals surface area contributed by atoms with Crippen LogP contribution in [0.15, 0.2) is 79.0 Å². The Hall–Kier alpha value is -5.14. The number of piperidine rings is 1. The molecule has 1 saturated heterocycles. The third-order valence-corrected chi connectivity index (χ3v) is 7.38. The van der Waals surface area contributed by atoms with Crippen LogP contribution in [0.25, 0.3) is 0 Å². The summed E-state index contributed by atoms with van der Waals surface area (Å²) in [4.78, 5) is 16.6. The van der Waals surface area contributed by atoms with Gasteiger partial charge in [-0.05, 0) is 77.7 Å². The number of hydrogen-bond donors (Lipinski definition) is 0. The van der Waals surface area contributed by atoms with E-state index in [0.717, 1.165) is 31.6 Å². The minimum Gasteiger partial charge on any atom is -0.490 e. The molecule has 6 rings (SSSR count). The number of nitro groups is 1. The first kappa shape index (κ1) is 29.9. The van der Waals surface area contributed by atoms with Crippen molar-refractivity contribution in [2.75, 3.05) is 24.6 Å². The predicted octanol–water partition coefficient (Wildman–Crippen LogP) is 6.76. The number of aromatic nitrogens is 2. The Morgan fingerprint density at radius 2 is 1.44 bits per heavy atom. The number of fused-ring (bicyclic) bond motifs is 1. The third-order valence-electron chi connectivity index (χ3n) is 7.38.